The van der Waals surface area contributed by atoms with Gasteiger partial charge in [-0.3, -0.25) is 14.2 Å². The summed E-state index contributed by atoms with van der Waals surface area (Å²) < 4.78 is 8.32. The first-order valence-corrected chi connectivity index (χ1v) is 8.57. The number of nitrogens with zero attached hydrogens (tertiary/aromatic N) is 6. The lowest BCUT2D eigenvalue weighted by Crippen LogP contribution is -2.20. The van der Waals surface area contributed by atoms with Crippen LogP contribution in [-0.2, 0) is 18.4 Å². The Morgan fingerprint density at radius 1 is 1.37 bits per heavy atom. The summed E-state index contributed by atoms with van der Waals surface area (Å²) in [4.78, 5) is 20.5. The Morgan fingerprint density at radius 2 is 2.19 bits per heavy atom. The van der Waals surface area contributed by atoms with Crippen molar-refractivity contribution in [1.82, 2.24) is 29.5 Å². The zero-order valence-corrected chi connectivity index (χ0v) is 15.1. The van der Waals surface area contributed by atoms with Crippen molar-refractivity contribution in [3.05, 3.63) is 30.2 Å². The fraction of sp³-hybridized carbons (Fsp3) is 0.353. The molecule has 1 fully saturated rings. The van der Waals surface area contributed by atoms with Crippen molar-refractivity contribution in [1.29, 1.82) is 0 Å². The van der Waals surface area contributed by atoms with Crippen molar-refractivity contribution >= 4 is 17.7 Å². The van der Waals surface area contributed by atoms with Gasteiger partial charge in [0.15, 0.2) is 0 Å². The average molecular weight is 368 g/mol. The highest BCUT2D eigenvalue weighted by Crippen LogP contribution is 2.39. The highest BCUT2D eigenvalue weighted by Gasteiger charge is 2.27. The molecule has 27 heavy (non-hydrogen) atoms. The van der Waals surface area contributed by atoms with Crippen molar-refractivity contribution in [3.8, 4) is 17.1 Å². The van der Waals surface area contributed by atoms with E-state index < -0.39 is 0 Å². The standard InChI is InChI=1S/C17H20N8O2/c1-24-14(5-13(23-24)10-3-4-10)21-15(26)9-25-8-11(7-19-25)12-6-16(27-2)22-17(18)20-12/h5-8,10H,3-4,9H2,1-2H3,(H,21,26)(H2,18,20,22). The molecule has 0 spiro atoms. The van der Waals surface area contributed by atoms with Crippen LogP contribution in [0.5, 0.6) is 5.88 Å². The van der Waals surface area contributed by atoms with Crippen LogP contribution in [0.15, 0.2) is 24.5 Å². The Labute approximate surface area is 155 Å². The normalized spacial score (nSPS) is 13.6. The van der Waals surface area contributed by atoms with Crippen molar-refractivity contribution in [3.63, 3.8) is 0 Å². The summed E-state index contributed by atoms with van der Waals surface area (Å²) in [5.41, 5.74) is 8.01. The van der Waals surface area contributed by atoms with E-state index in [1.54, 1.807) is 23.1 Å². The number of anilines is 2. The molecule has 3 N–H and O–H groups in total. The number of rotatable bonds is 6. The molecule has 1 saturated carbocycles. The lowest BCUT2D eigenvalue weighted by Gasteiger charge is -2.05. The number of amides is 1. The number of nitrogens with one attached hydrogen (secondary N) is 1. The van der Waals surface area contributed by atoms with Gasteiger partial charge in [-0.1, -0.05) is 0 Å². The first kappa shape index (κ1) is 17.0. The second-order valence-electron chi connectivity index (χ2n) is 6.48. The molecular formula is C17H20N8O2. The maximum atomic E-state index is 12.4. The van der Waals surface area contributed by atoms with Crippen LogP contribution in [0.1, 0.15) is 24.5 Å². The number of ether oxygens (including phenoxy) is 1. The number of nitrogen functional groups attached to an aromatic ring is 1. The van der Waals surface area contributed by atoms with Crippen molar-refractivity contribution in [2.75, 3.05) is 18.2 Å². The van der Waals surface area contributed by atoms with E-state index in [1.807, 2.05) is 13.1 Å². The Kier molecular flexibility index (Phi) is 4.22. The minimum absolute atomic E-state index is 0.0711. The van der Waals surface area contributed by atoms with Crippen LogP contribution < -0.4 is 15.8 Å². The fourth-order valence-electron chi connectivity index (χ4n) is 2.79. The molecule has 0 saturated heterocycles. The van der Waals surface area contributed by atoms with Crippen LogP contribution in [-0.4, -0.2) is 42.5 Å². The van der Waals surface area contributed by atoms with Gasteiger partial charge in [0.05, 0.1) is 24.7 Å². The van der Waals surface area contributed by atoms with Gasteiger partial charge in [0.2, 0.25) is 17.7 Å². The smallest absolute Gasteiger partial charge is 0.247 e. The quantitative estimate of drug-likeness (QED) is 0.669. The molecule has 3 aromatic heterocycles. The topological polar surface area (TPSA) is 126 Å². The number of aryl methyl sites for hydroxylation is 1. The summed E-state index contributed by atoms with van der Waals surface area (Å²) in [5, 5.41) is 11.5. The van der Waals surface area contributed by atoms with E-state index in [-0.39, 0.29) is 18.4 Å². The summed E-state index contributed by atoms with van der Waals surface area (Å²) in [5.74, 6) is 1.51. The second kappa shape index (κ2) is 6.71. The summed E-state index contributed by atoms with van der Waals surface area (Å²) in [6, 6.07) is 3.59. The molecule has 10 nitrogen and oxygen atoms in total. The molecule has 0 aromatic carbocycles. The largest absolute Gasteiger partial charge is 0.481 e. The van der Waals surface area contributed by atoms with Crippen LogP contribution >= 0.6 is 0 Å². The van der Waals surface area contributed by atoms with Crippen molar-refractivity contribution in [2.24, 2.45) is 7.05 Å². The van der Waals surface area contributed by atoms with E-state index in [0.717, 1.165) is 5.69 Å². The van der Waals surface area contributed by atoms with Gasteiger partial charge in [-0.2, -0.15) is 15.2 Å². The Morgan fingerprint density at radius 3 is 2.93 bits per heavy atom. The van der Waals surface area contributed by atoms with Crippen LogP contribution in [0.3, 0.4) is 0 Å². The molecule has 0 unspecified atom stereocenters. The van der Waals surface area contributed by atoms with Crippen LogP contribution in [0.4, 0.5) is 11.8 Å². The lowest BCUT2D eigenvalue weighted by molar-refractivity contribution is -0.116. The average Bonchev–Trinajstić information content (AvgIpc) is 3.28. The highest BCUT2D eigenvalue weighted by molar-refractivity contribution is 5.89. The number of aromatic nitrogens is 6. The number of hydrogen-bond donors (Lipinski definition) is 2. The molecule has 1 aliphatic rings. The number of methoxy groups -OCH3 is 1. The van der Waals surface area contributed by atoms with Gasteiger partial charge in [-0.05, 0) is 12.8 Å². The van der Waals surface area contributed by atoms with Crippen molar-refractivity contribution < 1.29 is 9.53 Å². The SMILES string of the molecule is COc1cc(-c2cnn(CC(=O)Nc3cc(C4CC4)nn3C)c2)nc(N)n1. The van der Waals surface area contributed by atoms with Crippen LogP contribution in [0.25, 0.3) is 11.3 Å². The van der Waals surface area contributed by atoms with Gasteiger partial charge in [-0.25, -0.2) is 4.98 Å². The van der Waals surface area contributed by atoms with Gasteiger partial charge in [-0.15, -0.1) is 0 Å². The number of carbonyl (C=O) groups is 1. The zero-order chi connectivity index (χ0) is 19.0. The summed E-state index contributed by atoms with van der Waals surface area (Å²) in [7, 11) is 3.33. The lowest BCUT2D eigenvalue weighted by atomic mass is 10.2. The molecule has 140 valence electrons. The van der Waals surface area contributed by atoms with E-state index >= 15 is 0 Å². The zero-order valence-electron chi connectivity index (χ0n) is 15.1. The molecule has 3 heterocycles. The molecule has 3 aromatic rings. The van der Waals surface area contributed by atoms with Crippen LogP contribution in [0, 0.1) is 0 Å². The molecule has 4 rings (SSSR count). The molecule has 0 bridgehead atoms. The molecular weight excluding hydrogens is 348 g/mol. The van der Waals surface area contributed by atoms with Crippen LogP contribution in [0.2, 0.25) is 0 Å². The summed E-state index contributed by atoms with van der Waals surface area (Å²) >= 11 is 0. The van der Waals surface area contributed by atoms with E-state index in [9.17, 15) is 4.79 Å². The van der Waals surface area contributed by atoms with E-state index in [0.29, 0.717) is 28.9 Å². The first-order chi connectivity index (χ1) is 13.0. The third-order valence-electron chi connectivity index (χ3n) is 4.33. The number of hydrogen-bond acceptors (Lipinski definition) is 7. The molecule has 10 heteroatoms. The third-order valence-corrected chi connectivity index (χ3v) is 4.33. The maximum absolute atomic E-state index is 12.4. The predicted molar refractivity (Wildman–Crippen MR) is 98.0 cm³/mol. The number of nitrogens with two attached hydrogens (primary N) is 1. The van der Waals surface area contributed by atoms with Gasteiger partial charge in [0, 0.05) is 36.9 Å². The second-order valence-corrected chi connectivity index (χ2v) is 6.48. The predicted octanol–water partition coefficient (Wildman–Crippen LogP) is 1.18. The van der Waals surface area contributed by atoms with E-state index in [4.69, 9.17) is 10.5 Å². The molecule has 1 aliphatic carbocycles. The molecule has 0 atom stereocenters. The molecule has 1 amide bonds. The minimum Gasteiger partial charge on any atom is -0.481 e. The van der Waals surface area contributed by atoms with Gasteiger partial charge in [0.1, 0.15) is 12.4 Å². The summed E-state index contributed by atoms with van der Waals surface area (Å²) in [6.07, 6.45) is 5.67. The van der Waals surface area contributed by atoms with Gasteiger partial charge in [0.25, 0.3) is 0 Å². The van der Waals surface area contributed by atoms with Gasteiger partial charge >= 0.3 is 0 Å². The van der Waals surface area contributed by atoms with Crippen molar-refractivity contribution in [2.45, 2.75) is 25.3 Å². The monoisotopic (exact) mass is 368 g/mol. The molecule has 0 radical (unpaired) electrons. The fourth-order valence-corrected chi connectivity index (χ4v) is 2.79. The van der Waals surface area contributed by atoms with Gasteiger partial charge < -0.3 is 15.8 Å². The van der Waals surface area contributed by atoms with E-state index in [2.05, 4.69) is 25.5 Å². The first-order valence-electron chi connectivity index (χ1n) is 8.57. The summed E-state index contributed by atoms with van der Waals surface area (Å²) in [6.45, 7) is 0.0711. The third kappa shape index (κ3) is 3.73. The Bertz CT molecular complexity index is 989. The molecule has 0 aliphatic heterocycles. The minimum atomic E-state index is -0.185. The van der Waals surface area contributed by atoms with E-state index in [1.165, 1.54) is 24.6 Å². The Hall–Kier alpha value is -3.43. The maximum Gasteiger partial charge on any atom is 0.247 e. The number of carbonyl (C=O) groups excluding carboxylic acids is 1. The Balaban J connectivity index is 1.44. The highest BCUT2D eigenvalue weighted by atomic mass is 16.5.